The van der Waals surface area contributed by atoms with E-state index in [1.54, 1.807) is 0 Å². The van der Waals surface area contributed by atoms with Crippen molar-refractivity contribution >= 4 is 57.2 Å². The van der Waals surface area contributed by atoms with Gasteiger partial charge < -0.3 is 9.80 Å². The molecule has 6 aromatic carbocycles. The Morgan fingerprint density at radius 1 is 0.392 bits per heavy atom. The lowest BCUT2D eigenvalue weighted by Gasteiger charge is -2.44. The van der Waals surface area contributed by atoms with Crippen LogP contribution in [0.3, 0.4) is 0 Å². The van der Waals surface area contributed by atoms with E-state index in [9.17, 15) is 0 Å². The van der Waals surface area contributed by atoms with E-state index in [1.165, 1.54) is 137 Å². The quantitative estimate of drug-likeness (QED) is 0.170. The number of fused-ring (bicyclic) bond motifs is 4. The number of nitrogens with zero attached hydrogens (tertiary/aromatic N) is 2. The molecule has 0 N–H and O–H groups in total. The Morgan fingerprint density at radius 2 is 0.922 bits per heavy atom. The number of anilines is 6. The maximum atomic E-state index is 2.62. The summed E-state index contributed by atoms with van der Waals surface area (Å²) in [6, 6.07) is 53.3. The Balaban J connectivity index is 1.24. The monoisotopic (exact) mass is 660 g/mol. The lowest BCUT2D eigenvalue weighted by Crippen LogP contribution is -2.61. The van der Waals surface area contributed by atoms with Gasteiger partial charge in [-0.2, -0.15) is 0 Å². The van der Waals surface area contributed by atoms with Crippen molar-refractivity contribution in [2.45, 2.75) is 76.0 Å². The molecule has 3 heteroatoms. The molecule has 2 saturated carbocycles. The summed E-state index contributed by atoms with van der Waals surface area (Å²) in [6.07, 6.45) is 13.4. The van der Waals surface area contributed by atoms with Gasteiger partial charge in [-0.15, -0.1) is 0 Å². The van der Waals surface area contributed by atoms with Crippen LogP contribution in [0.5, 0.6) is 0 Å². The maximum Gasteiger partial charge on any atom is 0.252 e. The molecule has 0 saturated heterocycles. The molecule has 0 unspecified atom stereocenters. The van der Waals surface area contributed by atoms with Crippen LogP contribution >= 0.6 is 0 Å². The molecule has 2 nitrogen and oxygen atoms in total. The first-order chi connectivity index (χ1) is 25.3. The van der Waals surface area contributed by atoms with Gasteiger partial charge in [0.2, 0.25) is 0 Å². The Bertz CT molecular complexity index is 2180. The summed E-state index contributed by atoms with van der Waals surface area (Å²) in [5.74, 6) is 1.34. The van der Waals surface area contributed by atoms with E-state index in [1.807, 2.05) is 0 Å². The Morgan fingerprint density at radius 3 is 1.59 bits per heavy atom. The summed E-state index contributed by atoms with van der Waals surface area (Å²) in [5, 5.41) is 0. The normalized spacial score (nSPS) is 17.1. The third-order valence-corrected chi connectivity index (χ3v) is 12.4. The van der Waals surface area contributed by atoms with E-state index in [0.717, 1.165) is 0 Å². The fourth-order valence-corrected chi connectivity index (χ4v) is 9.92. The molecule has 0 aromatic heterocycles. The van der Waals surface area contributed by atoms with Crippen LogP contribution in [0, 0.1) is 0 Å². The second-order valence-electron chi connectivity index (χ2n) is 15.4. The van der Waals surface area contributed by atoms with Gasteiger partial charge in [-0.3, -0.25) is 0 Å². The fourth-order valence-electron chi connectivity index (χ4n) is 9.92. The summed E-state index contributed by atoms with van der Waals surface area (Å²) in [7, 11) is 0. The molecule has 2 fully saturated rings. The lowest BCUT2D eigenvalue weighted by atomic mass is 9.33. The van der Waals surface area contributed by atoms with Crippen molar-refractivity contribution in [1.82, 2.24) is 0 Å². The van der Waals surface area contributed by atoms with Gasteiger partial charge in [-0.25, -0.2) is 0 Å². The summed E-state index contributed by atoms with van der Waals surface area (Å²) in [5.41, 5.74) is 17.3. The zero-order valence-electron chi connectivity index (χ0n) is 29.5. The van der Waals surface area contributed by atoms with Crippen molar-refractivity contribution in [3.05, 3.63) is 151 Å². The van der Waals surface area contributed by atoms with Gasteiger partial charge in [0.1, 0.15) is 0 Å². The van der Waals surface area contributed by atoms with Crippen molar-refractivity contribution in [2.75, 3.05) is 9.80 Å². The van der Waals surface area contributed by atoms with Crippen molar-refractivity contribution in [3.8, 4) is 11.1 Å². The van der Waals surface area contributed by atoms with Gasteiger partial charge in [0.25, 0.3) is 6.71 Å². The molecule has 10 rings (SSSR count). The van der Waals surface area contributed by atoms with Crippen LogP contribution in [0.15, 0.2) is 140 Å². The Labute approximate surface area is 303 Å². The zero-order chi connectivity index (χ0) is 33.7. The van der Waals surface area contributed by atoms with Crippen LogP contribution < -0.4 is 26.2 Å². The first-order valence-corrected chi connectivity index (χ1v) is 19.5. The smallest absolute Gasteiger partial charge is 0.252 e. The van der Waals surface area contributed by atoms with Crippen LogP contribution in [-0.2, 0) is 0 Å². The standard InChI is InChI=1S/C48H45BN2/c1-5-15-34(16-6-1)37-25-28-41(29-26-37)51-45-30-27-38(35-17-7-2-8-18-35)31-43(45)49-42-23-13-14-24-44(42)50(40-21-11-4-12-22-40)46-32-39(33-47(51)48(46)49)36-19-9-3-10-20-36/h3-4,9-14,19-35H,1-2,5-8,15-18H2. The highest BCUT2D eigenvalue weighted by Crippen LogP contribution is 2.47. The molecule has 2 aliphatic heterocycles. The van der Waals surface area contributed by atoms with Crippen LogP contribution in [0.4, 0.5) is 34.1 Å². The Hall–Kier alpha value is -5.02. The number of rotatable bonds is 5. The molecule has 0 atom stereocenters. The van der Waals surface area contributed by atoms with E-state index in [4.69, 9.17) is 0 Å². The van der Waals surface area contributed by atoms with Crippen LogP contribution in [0.2, 0.25) is 0 Å². The highest BCUT2D eigenvalue weighted by molar-refractivity contribution is 7.00. The number of benzene rings is 6. The maximum absolute atomic E-state index is 2.62. The molecule has 2 aliphatic carbocycles. The predicted octanol–water partition coefficient (Wildman–Crippen LogP) is 11.5. The van der Waals surface area contributed by atoms with Gasteiger partial charge in [-0.05, 0) is 125 Å². The first kappa shape index (κ1) is 30.8. The largest absolute Gasteiger partial charge is 0.311 e. The van der Waals surface area contributed by atoms with E-state index in [-0.39, 0.29) is 6.71 Å². The molecule has 250 valence electrons. The molecule has 4 aliphatic rings. The molecule has 0 radical (unpaired) electrons. The average Bonchev–Trinajstić information content (AvgIpc) is 3.22. The summed E-state index contributed by atoms with van der Waals surface area (Å²) in [4.78, 5) is 5.13. The minimum Gasteiger partial charge on any atom is -0.311 e. The third kappa shape index (κ3) is 5.32. The molecule has 51 heavy (non-hydrogen) atoms. The van der Waals surface area contributed by atoms with E-state index in [0.29, 0.717) is 11.8 Å². The number of para-hydroxylation sites is 2. The molecule has 0 bridgehead atoms. The van der Waals surface area contributed by atoms with Crippen molar-refractivity contribution in [2.24, 2.45) is 0 Å². The third-order valence-electron chi connectivity index (χ3n) is 12.4. The van der Waals surface area contributed by atoms with Crippen molar-refractivity contribution in [1.29, 1.82) is 0 Å². The van der Waals surface area contributed by atoms with Crippen molar-refractivity contribution in [3.63, 3.8) is 0 Å². The van der Waals surface area contributed by atoms with Gasteiger partial charge in [0.05, 0.1) is 0 Å². The number of hydrogen-bond donors (Lipinski definition) is 0. The van der Waals surface area contributed by atoms with Crippen LogP contribution in [-0.4, -0.2) is 6.71 Å². The Kier molecular flexibility index (Phi) is 7.81. The zero-order valence-corrected chi connectivity index (χ0v) is 29.5. The highest BCUT2D eigenvalue weighted by Gasteiger charge is 2.43. The molecule has 0 spiro atoms. The molecular formula is C48H45BN2. The number of hydrogen-bond acceptors (Lipinski definition) is 2. The topological polar surface area (TPSA) is 6.48 Å². The van der Waals surface area contributed by atoms with Crippen LogP contribution in [0.1, 0.15) is 87.2 Å². The fraction of sp³-hybridized carbons (Fsp3) is 0.250. The second-order valence-corrected chi connectivity index (χ2v) is 15.4. The minimum absolute atomic E-state index is 0.146. The van der Waals surface area contributed by atoms with Gasteiger partial charge in [0, 0.05) is 34.1 Å². The molecule has 2 heterocycles. The summed E-state index contributed by atoms with van der Waals surface area (Å²) < 4.78 is 0. The van der Waals surface area contributed by atoms with Crippen LogP contribution in [0.25, 0.3) is 11.1 Å². The van der Waals surface area contributed by atoms with Gasteiger partial charge in [-0.1, -0.05) is 130 Å². The van der Waals surface area contributed by atoms with E-state index < -0.39 is 0 Å². The summed E-state index contributed by atoms with van der Waals surface area (Å²) >= 11 is 0. The minimum atomic E-state index is 0.146. The van der Waals surface area contributed by atoms with Gasteiger partial charge in [0.15, 0.2) is 0 Å². The first-order valence-electron chi connectivity index (χ1n) is 19.5. The lowest BCUT2D eigenvalue weighted by molar-refractivity contribution is 0.443. The van der Waals surface area contributed by atoms with Crippen molar-refractivity contribution < 1.29 is 0 Å². The van der Waals surface area contributed by atoms with E-state index >= 15 is 0 Å². The highest BCUT2D eigenvalue weighted by atomic mass is 15.2. The predicted molar refractivity (Wildman–Crippen MR) is 218 cm³/mol. The van der Waals surface area contributed by atoms with E-state index in [2.05, 4.69) is 149 Å². The average molecular weight is 661 g/mol. The molecule has 0 amide bonds. The van der Waals surface area contributed by atoms with Gasteiger partial charge >= 0.3 is 0 Å². The summed E-state index contributed by atoms with van der Waals surface area (Å²) in [6.45, 7) is 0.146. The second kappa shape index (κ2) is 12.9. The molecular weight excluding hydrogens is 615 g/mol. The SMILES string of the molecule is c1ccc(-c2cc3c4c(c2)N(c2ccc(C5CCCCC5)cc2)c2ccc(C5CCCCC5)cc2B4c2ccccc2N3c2ccccc2)cc1. The molecule has 6 aromatic rings.